The number of nitrogens with two attached hydrogens (primary N) is 1. The van der Waals surface area contributed by atoms with Crippen molar-refractivity contribution in [3.05, 3.63) is 81.6 Å². The molecule has 11 heteroatoms. The van der Waals surface area contributed by atoms with E-state index < -0.39 is 20.9 Å². The van der Waals surface area contributed by atoms with Crippen LogP contribution in [0.3, 0.4) is 0 Å². The molecule has 2 aromatic carbocycles. The van der Waals surface area contributed by atoms with E-state index in [9.17, 15) is 23.3 Å². The number of hydrazone groups is 1. The first-order valence-corrected chi connectivity index (χ1v) is 11.2. The number of hydrogen-bond acceptors (Lipinski definition) is 7. The van der Waals surface area contributed by atoms with Gasteiger partial charge in [0.1, 0.15) is 11.5 Å². The second-order valence-corrected chi connectivity index (χ2v) is 8.92. The molecule has 1 aliphatic rings. The predicted octanol–water partition coefficient (Wildman–Crippen LogP) is 3.62. The second-order valence-electron chi connectivity index (χ2n) is 7.36. The van der Waals surface area contributed by atoms with Crippen LogP contribution in [0, 0.1) is 17.0 Å². The van der Waals surface area contributed by atoms with Crippen molar-refractivity contribution in [3.63, 3.8) is 0 Å². The number of hydrogen-bond donors (Lipinski definition) is 1. The molecule has 1 amide bonds. The predicted molar refractivity (Wildman–Crippen MR) is 122 cm³/mol. The van der Waals surface area contributed by atoms with E-state index in [1.165, 1.54) is 42.5 Å². The highest BCUT2D eigenvalue weighted by atomic mass is 32.2. The monoisotopic (exact) mass is 466 g/mol. The van der Waals surface area contributed by atoms with Gasteiger partial charge in [-0.05, 0) is 61.9 Å². The van der Waals surface area contributed by atoms with Gasteiger partial charge in [0.05, 0.1) is 26.8 Å². The summed E-state index contributed by atoms with van der Waals surface area (Å²) in [6.07, 6.45) is 1.54. The number of sulfonamides is 1. The van der Waals surface area contributed by atoms with Gasteiger partial charge >= 0.3 is 0 Å². The number of anilines is 1. The molecule has 0 spiro atoms. The summed E-state index contributed by atoms with van der Waals surface area (Å²) in [5, 5.41) is 21.6. The highest BCUT2D eigenvalue weighted by Crippen LogP contribution is 2.31. The summed E-state index contributed by atoms with van der Waals surface area (Å²) in [5.74, 6) is 0.388. The van der Waals surface area contributed by atoms with E-state index in [1.807, 2.05) is 6.92 Å². The first kappa shape index (κ1) is 22.1. The fourth-order valence-electron chi connectivity index (χ4n) is 3.34. The summed E-state index contributed by atoms with van der Waals surface area (Å²) >= 11 is 0. The Labute approximate surface area is 188 Å². The molecule has 33 heavy (non-hydrogen) atoms. The van der Waals surface area contributed by atoms with Crippen LogP contribution >= 0.6 is 0 Å². The topological polar surface area (TPSA) is 149 Å². The van der Waals surface area contributed by atoms with Crippen LogP contribution in [0.4, 0.5) is 11.4 Å². The highest BCUT2D eigenvalue weighted by Gasteiger charge is 2.29. The van der Waals surface area contributed by atoms with Gasteiger partial charge in [-0.2, -0.15) is 10.1 Å². The number of furan rings is 1. The molecule has 0 unspecified atom stereocenters. The number of nitro groups is 1. The molecule has 10 nitrogen and oxygen atoms in total. The third-order valence-electron chi connectivity index (χ3n) is 5.08. The number of nitro benzene ring substituents is 1. The maximum Gasteiger partial charge on any atom is 0.280 e. The van der Waals surface area contributed by atoms with Crippen LogP contribution in [0.25, 0.3) is 17.4 Å². The average Bonchev–Trinajstić information content (AvgIpc) is 3.33. The number of carbonyl (C=O) groups is 1. The van der Waals surface area contributed by atoms with Crippen molar-refractivity contribution in [2.24, 2.45) is 10.2 Å². The first-order chi connectivity index (χ1) is 15.5. The molecule has 2 N–H and O–H groups in total. The normalized spacial score (nSPS) is 15.2. The molecule has 0 aliphatic carbocycles. The summed E-state index contributed by atoms with van der Waals surface area (Å²) in [5.41, 5.74) is 2.45. The number of rotatable bonds is 5. The molecule has 4 rings (SSSR count). The zero-order valence-electron chi connectivity index (χ0n) is 17.6. The smallest absolute Gasteiger partial charge is 0.280 e. The van der Waals surface area contributed by atoms with E-state index in [0.29, 0.717) is 34.1 Å². The minimum Gasteiger partial charge on any atom is -0.457 e. The standard InChI is InChI=1S/C22H18N4O6S/c1-13-3-4-16(26(28)29)11-19(13)21-10-7-17(32-21)12-20-14(2)24-25(22(20)27)15-5-8-18(9-6-15)33(23,30)31/h3-12H,1-2H3,(H2,23,30,31)/b20-12-. The number of non-ortho nitro benzene ring substituents is 1. The third-order valence-corrected chi connectivity index (χ3v) is 6.01. The molecule has 168 valence electrons. The van der Waals surface area contributed by atoms with E-state index in [2.05, 4.69) is 5.10 Å². The number of benzene rings is 2. The third kappa shape index (κ3) is 4.31. The van der Waals surface area contributed by atoms with E-state index in [-0.39, 0.29) is 10.6 Å². The van der Waals surface area contributed by atoms with E-state index in [1.54, 1.807) is 25.1 Å². The van der Waals surface area contributed by atoms with Crippen LogP contribution in [-0.4, -0.2) is 25.0 Å². The van der Waals surface area contributed by atoms with Crippen molar-refractivity contribution >= 4 is 39.1 Å². The molecule has 0 atom stereocenters. The van der Waals surface area contributed by atoms with Gasteiger partial charge in [0.25, 0.3) is 11.6 Å². The summed E-state index contributed by atoms with van der Waals surface area (Å²) < 4.78 is 28.7. The Morgan fingerprint density at radius 3 is 2.42 bits per heavy atom. The van der Waals surface area contributed by atoms with Crippen molar-refractivity contribution in [2.45, 2.75) is 18.7 Å². The lowest BCUT2D eigenvalue weighted by atomic mass is 10.1. The molecule has 0 saturated heterocycles. The quantitative estimate of drug-likeness (QED) is 0.345. The Hall–Kier alpha value is -4.09. The highest BCUT2D eigenvalue weighted by molar-refractivity contribution is 7.89. The SMILES string of the molecule is CC1=NN(c2ccc(S(N)(=O)=O)cc2)C(=O)/C1=C\c1ccc(-c2cc([N+](=O)[O-])ccc2C)o1. The lowest BCUT2D eigenvalue weighted by Crippen LogP contribution is -2.21. The van der Waals surface area contributed by atoms with Crippen LogP contribution in [-0.2, 0) is 14.8 Å². The van der Waals surface area contributed by atoms with Crippen molar-refractivity contribution in [3.8, 4) is 11.3 Å². The average molecular weight is 466 g/mol. The lowest BCUT2D eigenvalue weighted by Gasteiger charge is -2.12. The fourth-order valence-corrected chi connectivity index (χ4v) is 3.86. The minimum absolute atomic E-state index is 0.0510. The number of aryl methyl sites for hydroxylation is 1. The second kappa shape index (κ2) is 8.11. The molecule has 3 aromatic rings. The summed E-state index contributed by atoms with van der Waals surface area (Å²) in [4.78, 5) is 23.5. The molecular formula is C22H18N4O6S. The van der Waals surface area contributed by atoms with E-state index in [0.717, 1.165) is 10.6 Å². The Balaban J connectivity index is 1.62. The molecule has 1 aromatic heterocycles. The summed E-state index contributed by atoms with van der Waals surface area (Å²) in [7, 11) is -3.85. The summed E-state index contributed by atoms with van der Waals surface area (Å²) in [6.45, 7) is 3.48. The van der Waals surface area contributed by atoms with Crippen molar-refractivity contribution in [2.75, 3.05) is 5.01 Å². The van der Waals surface area contributed by atoms with Gasteiger partial charge in [0.15, 0.2) is 0 Å². The largest absolute Gasteiger partial charge is 0.457 e. The van der Waals surface area contributed by atoms with Crippen LogP contribution in [0.2, 0.25) is 0 Å². The maximum absolute atomic E-state index is 12.9. The number of primary sulfonamides is 1. The number of carbonyl (C=O) groups excluding carboxylic acids is 1. The lowest BCUT2D eigenvalue weighted by molar-refractivity contribution is -0.384. The summed E-state index contributed by atoms with van der Waals surface area (Å²) in [6, 6.07) is 13.3. The number of amides is 1. The fraction of sp³-hybridized carbons (Fsp3) is 0.0909. The van der Waals surface area contributed by atoms with Crippen LogP contribution in [0.5, 0.6) is 0 Å². The van der Waals surface area contributed by atoms with E-state index >= 15 is 0 Å². The maximum atomic E-state index is 12.9. The molecule has 0 radical (unpaired) electrons. The van der Waals surface area contributed by atoms with Gasteiger partial charge in [0, 0.05) is 17.7 Å². The van der Waals surface area contributed by atoms with Gasteiger partial charge in [-0.25, -0.2) is 13.6 Å². The van der Waals surface area contributed by atoms with Crippen LogP contribution < -0.4 is 10.1 Å². The van der Waals surface area contributed by atoms with Crippen LogP contribution in [0.15, 0.2) is 74.6 Å². The molecule has 1 aliphatic heterocycles. The first-order valence-electron chi connectivity index (χ1n) is 9.64. The van der Waals surface area contributed by atoms with Crippen LogP contribution in [0.1, 0.15) is 18.2 Å². The molecular weight excluding hydrogens is 448 g/mol. The van der Waals surface area contributed by atoms with Gasteiger partial charge in [-0.3, -0.25) is 14.9 Å². The van der Waals surface area contributed by atoms with Crippen molar-refractivity contribution in [1.29, 1.82) is 0 Å². The number of nitrogens with zero attached hydrogens (tertiary/aromatic N) is 3. The molecule has 0 saturated carbocycles. The van der Waals surface area contributed by atoms with Gasteiger partial charge in [-0.15, -0.1) is 0 Å². The Morgan fingerprint density at radius 2 is 1.79 bits per heavy atom. The van der Waals surface area contributed by atoms with Gasteiger partial charge < -0.3 is 4.42 Å². The van der Waals surface area contributed by atoms with E-state index in [4.69, 9.17) is 9.56 Å². The van der Waals surface area contributed by atoms with Crippen molar-refractivity contribution in [1.82, 2.24) is 0 Å². The zero-order chi connectivity index (χ0) is 23.9. The molecule has 0 bridgehead atoms. The van der Waals surface area contributed by atoms with Crippen molar-refractivity contribution < 1.29 is 22.6 Å². The Bertz CT molecular complexity index is 1450. The Morgan fingerprint density at radius 1 is 1.09 bits per heavy atom. The Kier molecular flexibility index (Phi) is 5.44. The minimum atomic E-state index is -3.85. The molecule has 0 fully saturated rings. The van der Waals surface area contributed by atoms with Gasteiger partial charge in [-0.1, -0.05) is 6.07 Å². The zero-order valence-corrected chi connectivity index (χ0v) is 18.4. The van der Waals surface area contributed by atoms with Gasteiger partial charge in [0.2, 0.25) is 10.0 Å². The molecule has 2 heterocycles.